The summed E-state index contributed by atoms with van der Waals surface area (Å²) in [6.45, 7) is -0.799. The van der Waals surface area contributed by atoms with Crippen molar-refractivity contribution in [2.24, 2.45) is 0 Å². The SMILES string of the molecule is O=C(COC(=O)c1cc(-c2cccs2)nn1-c1ccccc1)Nc1ccc(Cl)cc1C(F)(F)F. The highest BCUT2D eigenvalue weighted by atomic mass is 35.5. The van der Waals surface area contributed by atoms with E-state index in [1.165, 1.54) is 28.2 Å². The molecule has 0 unspecified atom stereocenters. The molecule has 0 spiro atoms. The number of nitrogens with one attached hydrogen (secondary N) is 1. The van der Waals surface area contributed by atoms with Crippen LogP contribution in [0.15, 0.2) is 72.1 Å². The number of para-hydroxylation sites is 1. The number of carbonyl (C=O) groups is 2. The van der Waals surface area contributed by atoms with Gasteiger partial charge in [-0.05, 0) is 41.8 Å². The lowest BCUT2D eigenvalue weighted by molar-refractivity contribution is -0.137. The summed E-state index contributed by atoms with van der Waals surface area (Å²) in [5, 5.41) is 8.32. The van der Waals surface area contributed by atoms with Crippen molar-refractivity contribution in [3.05, 3.63) is 88.4 Å². The molecule has 1 N–H and O–H groups in total. The topological polar surface area (TPSA) is 73.2 Å². The molecule has 0 atom stereocenters. The summed E-state index contributed by atoms with van der Waals surface area (Å²) in [5.74, 6) is -1.80. The number of hydrogen-bond acceptors (Lipinski definition) is 5. The number of amides is 1. The zero-order valence-corrected chi connectivity index (χ0v) is 18.7. The molecule has 4 aromatic rings. The molecule has 174 valence electrons. The third-order valence-electron chi connectivity index (χ3n) is 4.59. The van der Waals surface area contributed by atoms with Gasteiger partial charge in [0, 0.05) is 11.1 Å². The second kappa shape index (κ2) is 9.70. The van der Waals surface area contributed by atoms with Crippen LogP contribution in [0, 0.1) is 0 Å². The minimum Gasteiger partial charge on any atom is -0.451 e. The minimum atomic E-state index is -4.73. The maximum atomic E-state index is 13.2. The molecule has 2 heterocycles. The van der Waals surface area contributed by atoms with Gasteiger partial charge < -0.3 is 10.1 Å². The number of ether oxygens (including phenoxy) is 1. The summed E-state index contributed by atoms with van der Waals surface area (Å²) in [6.07, 6.45) is -4.73. The molecule has 2 aromatic carbocycles. The van der Waals surface area contributed by atoms with Gasteiger partial charge in [0.2, 0.25) is 0 Å². The Morgan fingerprint density at radius 1 is 1.06 bits per heavy atom. The van der Waals surface area contributed by atoms with Crippen LogP contribution in [-0.4, -0.2) is 28.3 Å². The van der Waals surface area contributed by atoms with Gasteiger partial charge in [0.1, 0.15) is 5.69 Å². The van der Waals surface area contributed by atoms with Gasteiger partial charge in [-0.1, -0.05) is 35.9 Å². The molecule has 34 heavy (non-hydrogen) atoms. The van der Waals surface area contributed by atoms with Gasteiger partial charge in [-0.2, -0.15) is 18.3 Å². The highest BCUT2D eigenvalue weighted by molar-refractivity contribution is 7.13. The van der Waals surface area contributed by atoms with Gasteiger partial charge in [0.05, 0.1) is 21.8 Å². The van der Waals surface area contributed by atoms with Crippen LogP contribution in [0.1, 0.15) is 16.1 Å². The lowest BCUT2D eigenvalue weighted by atomic mass is 10.1. The van der Waals surface area contributed by atoms with Gasteiger partial charge in [0.15, 0.2) is 12.3 Å². The Balaban J connectivity index is 1.52. The van der Waals surface area contributed by atoms with Crippen molar-refractivity contribution in [2.45, 2.75) is 6.18 Å². The van der Waals surface area contributed by atoms with Crippen molar-refractivity contribution in [3.8, 4) is 16.3 Å². The van der Waals surface area contributed by atoms with Crippen molar-refractivity contribution in [1.29, 1.82) is 0 Å². The number of anilines is 1. The minimum absolute atomic E-state index is 0.0601. The Morgan fingerprint density at radius 3 is 2.50 bits per heavy atom. The Bertz CT molecular complexity index is 1320. The second-order valence-electron chi connectivity index (χ2n) is 6.95. The summed E-state index contributed by atoms with van der Waals surface area (Å²) in [7, 11) is 0. The molecule has 1 amide bonds. The first-order valence-corrected chi connectivity index (χ1v) is 11.0. The third-order valence-corrected chi connectivity index (χ3v) is 5.72. The standard InChI is InChI=1S/C23H15ClF3N3O3S/c24-14-8-9-17(16(11-14)23(25,26)27)28-21(31)13-33-22(32)19-12-18(20-7-4-10-34-20)29-30(19)15-5-2-1-3-6-15/h1-12H,13H2,(H,28,31). The number of halogens is 4. The molecule has 0 saturated carbocycles. The van der Waals surface area contributed by atoms with E-state index in [-0.39, 0.29) is 10.7 Å². The fraction of sp³-hybridized carbons (Fsp3) is 0.0870. The third kappa shape index (κ3) is 5.29. The van der Waals surface area contributed by atoms with Gasteiger partial charge in [0.25, 0.3) is 5.91 Å². The van der Waals surface area contributed by atoms with Crippen LogP contribution in [0.25, 0.3) is 16.3 Å². The Morgan fingerprint density at radius 2 is 1.82 bits per heavy atom. The molecule has 0 aliphatic rings. The number of rotatable bonds is 6. The zero-order valence-electron chi connectivity index (χ0n) is 17.2. The predicted molar refractivity (Wildman–Crippen MR) is 122 cm³/mol. The van der Waals surface area contributed by atoms with Crippen molar-refractivity contribution < 1.29 is 27.5 Å². The molecule has 0 saturated heterocycles. The molecule has 0 radical (unpaired) electrons. The van der Waals surface area contributed by atoms with Crippen LogP contribution < -0.4 is 5.32 Å². The largest absolute Gasteiger partial charge is 0.451 e. The number of thiophene rings is 1. The van der Waals surface area contributed by atoms with Crippen LogP contribution in [0.2, 0.25) is 5.02 Å². The Kier molecular flexibility index (Phi) is 6.71. The number of esters is 1. The van der Waals surface area contributed by atoms with E-state index in [1.54, 1.807) is 24.3 Å². The van der Waals surface area contributed by atoms with E-state index < -0.39 is 35.9 Å². The highest BCUT2D eigenvalue weighted by Crippen LogP contribution is 2.36. The normalized spacial score (nSPS) is 11.3. The fourth-order valence-electron chi connectivity index (χ4n) is 3.09. The van der Waals surface area contributed by atoms with E-state index in [2.05, 4.69) is 10.4 Å². The molecule has 0 bridgehead atoms. The van der Waals surface area contributed by atoms with Crippen LogP contribution in [0.3, 0.4) is 0 Å². The van der Waals surface area contributed by atoms with Crippen LogP contribution in [-0.2, 0) is 15.7 Å². The Labute approximate surface area is 200 Å². The maximum absolute atomic E-state index is 13.2. The molecule has 2 aromatic heterocycles. The van der Waals surface area contributed by atoms with E-state index in [1.807, 2.05) is 23.6 Å². The molecule has 0 aliphatic heterocycles. The summed E-state index contributed by atoms with van der Waals surface area (Å²) in [6, 6.07) is 17.0. The van der Waals surface area contributed by atoms with Crippen molar-refractivity contribution >= 4 is 40.5 Å². The quantitative estimate of drug-likeness (QED) is 0.323. The summed E-state index contributed by atoms with van der Waals surface area (Å²) in [4.78, 5) is 25.9. The monoisotopic (exact) mass is 505 g/mol. The number of alkyl halides is 3. The van der Waals surface area contributed by atoms with E-state index in [9.17, 15) is 22.8 Å². The molecule has 11 heteroatoms. The number of aromatic nitrogens is 2. The molecule has 0 fully saturated rings. The van der Waals surface area contributed by atoms with Gasteiger partial charge in [-0.15, -0.1) is 11.3 Å². The zero-order chi connectivity index (χ0) is 24.3. The molecule has 6 nitrogen and oxygen atoms in total. The summed E-state index contributed by atoms with van der Waals surface area (Å²) < 4.78 is 46.2. The van der Waals surface area contributed by atoms with Crippen LogP contribution in [0.4, 0.5) is 18.9 Å². The lowest BCUT2D eigenvalue weighted by Gasteiger charge is -2.14. The van der Waals surface area contributed by atoms with E-state index in [4.69, 9.17) is 16.3 Å². The van der Waals surface area contributed by atoms with Crippen molar-refractivity contribution in [1.82, 2.24) is 9.78 Å². The first kappa shape index (κ1) is 23.5. The first-order chi connectivity index (χ1) is 16.2. The van der Waals surface area contributed by atoms with Gasteiger partial charge >= 0.3 is 12.1 Å². The summed E-state index contributed by atoms with van der Waals surface area (Å²) in [5.41, 5.74) is -0.413. The maximum Gasteiger partial charge on any atom is 0.418 e. The number of nitrogens with zero attached hydrogens (tertiary/aromatic N) is 2. The van der Waals surface area contributed by atoms with Crippen molar-refractivity contribution in [3.63, 3.8) is 0 Å². The molecule has 4 rings (SSSR count). The molecular formula is C23H15ClF3N3O3S. The fourth-order valence-corrected chi connectivity index (χ4v) is 3.94. The Hall–Kier alpha value is -3.63. The highest BCUT2D eigenvalue weighted by Gasteiger charge is 2.34. The van der Waals surface area contributed by atoms with E-state index in [0.29, 0.717) is 17.4 Å². The summed E-state index contributed by atoms with van der Waals surface area (Å²) >= 11 is 7.08. The van der Waals surface area contributed by atoms with Crippen LogP contribution in [0.5, 0.6) is 0 Å². The van der Waals surface area contributed by atoms with E-state index in [0.717, 1.165) is 10.9 Å². The average Bonchev–Trinajstić information content (AvgIpc) is 3.49. The number of hydrogen-bond donors (Lipinski definition) is 1. The molecular weight excluding hydrogens is 491 g/mol. The predicted octanol–water partition coefficient (Wildman–Crippen LogP) is 6.07. The number of benzene rings is 2. The first-order valence-electron chi connectivity index (χ1n) is 9.75. The van der Waals surface area contributed by atoms with Crippen LogP contribution >= 0.6 is 22.9 Å². The average molecular weight is 506 g/mol. The second-order valence-corrected chi connectivity index (χ2v) is 8.34. The number of carbonyl (C=O) groups excluding carboxylic acids is 2. The van der Waals surface area contributed by atoms with Gasteiger partial charge in [-0.25, -0.2) is 9.48 Å². The van der Waals surface area contributed by atoms with Gasteiger partial charge in [-0.3, -0.25) is 4.79 Å². The van der Waals surface area contributed by atoms with Crippen molar-refractivity contribution in [2.75, 3.05) is 11.9 Å². The van der Waals surface area contributed by atoms with E-state index >= 15 is 0 Å². The molecule has 0 aliphatic carbocycles. The lowest BCUT2D eigenvalue weighted by Crippen LogP contribution is -2.23. The smallest absolute Gasteiger partial charge is 0.418 e.